The van der Waals surface area contributed by atoms with E-state index in [2.05, 4.69) is 9.71 Å². The van der Waals surface area contributed by atoms with E-state index in [-0.39, 0.29) is 11.3 Å². The highest BCUT2D eigenvalue weighted by molar-refractivity contribution is 7.92. The fourth-order valence-electron chi connectivity index (χ4n) is 1.94. The van der Waals surface area contributed by atoms with E-state index in [9.17, 15) is 13.2 Å². The van der Waals surface area contributed by atoms with Gasteiger partial charge in [0.2, 0.25) is 10.0 Å². The molecule has 0 aliphatic heterocycles. The summed E-state index contributed by atoms with van der Waals surface area (Å²) in [6, 6.07) is 6.91. The fraction of sp³-hybridized carbons (Fsp3) is 0.357. The number of aryl methyl sites for hydroxylation is 1. The predicted octanol–water partition coefficient (Wildman–Crippen LogP) is 2.38. The Bertz CT molecular complexity index is 779. The number of anilines is 1. The summed E-state index contributed by atoms with van der Waals surface area (Å²) in [5, 5.41) is 0.874. The Balaban J connectivity index is 2.33. The topological polar surface area (TPSA) is 79.0 Å². The van der Waals surface area contributed by atoms with Crippen LogP contribution in [-0.2, 0) is 10.0 Å². The zero-order valence-electron chi connectivity index (χ0n) is 11.6. The van der Waals surface area contributed by atoms with Crippen LogP contribution in [0.5, 0.6) is 0 Å². The Morgan fingerprint density at radius 1 is 1.25 bits per heavy atom. The lowest BCUT2D eigenvalue weighted by Crippen LogP contribution is -2.16. The van der Waals surface area contributed by atoms with E-state index >= 15 is 0 Å². The molecular formula is C14H18N2O3S. The third-order valence-electron chi connectivity index (χ3n) is 3.07. The van der Waals surface area contributed by atoms with Crippen molar-refractivity contribution in [1.82, 2.24) is 4.98 Å². The van der Waals surface area contributed by atoms with Crippen molar-refractivity contribution in [1.29, 1.82) is 0 Å². The van der Waals surface area contributed by atoms with E-state index in [1.807, 2.05) is 6.92 Å². The summed E-state index contributed by atoms with van der Waals surface area (Å²) < 4.78 is 26.2. The Morgan fingerprint density at radius 3 is 2.70 bits per heavy atom. The number of pyridine rings is 1. The minimum atomic E-state index is -3.33. The molecule has 0 fully saturated rings. The predicted molar refractivity (Wildman–Crippen MR) is 81.6 cm³/mol. The largest absolute Gasteiger partial charge is 0.322 e. The van der Waals surface area contributed by atoms with Crippen LogP contribution < -0.4 is 10.3 Å². The van der Waals surface area contributed by atoms with E-state index in [4.69, 9.17) is 0 Å². The highest BCUT2D eigenvalue weighted by atomic mass is 32.2. The van der Waals surface area contributed by atoms with Gasteiger partial charge in [0.15, 0.2) is 0 Å². The van der Waals surface area contributed by atoms with Crippen molar-refractivity contribution >= 4 is 26.6 Å². The van der Waals surface area contributed by atoms with Gasteiger partial charge in [-0.1, -0.05) is 19.4 Å². The van der Waals surface area contributed by atoms with Crippen molar-refractivity contribution in [2.24, 2.45) is 0 Å². The van der Waals surface area contributed by atoms with Gasteiger partial charge in [0.1, 0.15) is 0 Å². The molecule has 0 spiro atoms. The zero-order chi connectivity index (χ0) is 14.8. The Morgan fingerprint density at radius 2 is 2.00 bits per heavy atom. The molecule has 0 amide bonds. The lowest BCUT2D eigenvalue weighted by Gasteiger charge is -2.08. The SMILES string of the molecule is CCCCS(=O)(=O)Nc1ccc2cc(C)c(=O)[nH]c2c1. The second-order valence-electron chi connectivity index (χ2n) is 4.86. The van der Waals surface area contributed by atoms with Crippen molar-refractivity contribution in [2.75, 3.05) is 10.5 Å². The molecule has 0 saturated carbocycles. The van der Waals surface area contributed by atoms with E-state index < -0.39 is 10.0 Å². The Hall–Kier alpha value is -1.82. The van der Waals surface area contributed by atoms with Gasteiger partial charge in [-0.3, -0.25) is 9.52 Å². The molecule has 20 heavy (non-hydrogen) atoms. The molecule has 108 valence electrons. The summed E-state index contributed by atoms with van der Waals surface area (Å²) in [6.07, 6.45) is 1.45. The summed E-state index contributed by atoms with van der Waals surface area (Å²) in [5.74, 6) is 0.103. The molecule has 6 heteroatoms. The van der Waals surface area contributed by atoms with Crippen molar-refractivity contribution < 1.29 is 8.42 Å². The van der Waals surface area contributed by atoms with Gasteiger partial charge in [0.25, 0.3) is 5.56 Å². The van der Waals surface area contributed by atoms with Gasteiger partial charge in [-0.05, 0) is 36.9 Å². The highest BCUT2D eigenvalue weighted by Gasteiger charge is 2.10. The van der Waals surface area contributed by atoms with E-state index in [1.54, 1.807) is 31.2 Å². The smallest absolute Gasteiger partial charge is 0.251 e. The first kappa shape index (κ1) is 14.6. The van der Waals surface area contributed by atoms with Crippen molar-refractivity contribution in [3.63, 3.8) is 0 Å². The zero-order valence-corrected chi connectivity index (χ0v) is 12.4. The lowest BCUT2D eigenvalue weighted by molar-refractivity contribution is 0.598. The van der Waals surface area contributed by atoms with Gasteiger partial charge in [-0.25, -0.2) is 8.42 Å². The van der Waals surface area contributed by atoms with Gasteiger partial charge in [0, 0.05) is 5.56 Å². The minimum Gasteiger partial charge on any atom is -0.322 e. The Labute approximate surface area is 118 Å². The van der Waals surface area contributed by atoms with E-state index in [0.717, 1.165) is 11.8 Å². The van der Waals surface area contributed by atoms with Gasteiger partial charge < -0.3 is 4.98 Å². The molecule has 0 unspecified atom stereocenters. The number of hydrogen-bond donors (Lipinski definition) is 2. The quantitative estimate of drug-likeness (QED) is 0.888. The van der Waals surface area contributed by atoms with Gasteiger partial charge >= 0.3 is 0 Å². The van der Waals surface area contributed by atoms with Crippen molar-refractivity contribution in [3.8, 4) is 0 Å². The maximum Gasteiger partial charge on any atom is 0.251 e. The molecule has 2 rings (SSSR count). The van der Waals surface area contributed by atoms with Crippen LogP contribution in [0.15, 0.2) is 29.1 Å². The molecule has 0 aliphatic rings. The average Bonchev–Trinajstić information content (AvgIpc) is 2.38. The number of aromatic amines is 1. The molecule has 0 radical (unpaired) electrons. The minimum absolute atomic E-state index is 0.103. The van der Waals surface area contributed by atoms with Gasteiger partial charge in [0.05, 0.1) is 17.0 Å². The first-order valence-electron chi connectivity index (χ1n) is 6.55. The van der Waals surface area contributed by atoms with Crippen LogP contribution in [0.2, 0.25) is 0 Å². The van der Waals surface area contributed by atoms with Gasteiger partial charge in [-0.15, -0.1) is 0 Å². The fourth-order valence-corrected chi connectivity index (χ4v) is 3.20. The van der Waals surface area contributed by atoms with E-state index in [0.29, 0.717) is 23.2 Å². The monoisotopic (exact) mass is 294 g/mol. The van der Waals surface area contributed by atoms with Gasteiger partial charge in [-0.2, -0.15) is 0 Å². The molecule has 0 atom stereocenters. The molecule has 2 N–H and O–H groups in total. The first-order valence-corrected chi connectivity index (χ1v) is 8.21. The molecule has 0 saturated heterocycles. The lowest BCUT2D eigenvalue weighted by atomic mass is 10.1. The van der Waals surface area contributed by atoms with Crippen molar-refractivity contribution in [3.05, 3.63) is 40.2 Å². The third-order valence-corrected chi connectivity index (χ3v) is 4.44. The molecule has 5 nitrogen and oxygen atoms in total. The summed E-state index contributed by atoms with van der Waals surface area (Å²) in [6.45, 7) is 3.68. The number of sulfonamides is 1. The van der Waals surface area contributed by atoms with E-state index in [1.165, 1.54) is 0 Å². The summed E-state index contributed by atoms with van der Waals surface area (Å²) >= 11 is 0. The molecular weight excluding hydrogens is 276 g/mol. The number of benzene rings is 1. The normalized spacial score (nSPS) is 11.7. The van der Waals surface area contributed by atoms with Crippen LogP contribution >= 0.6 is 0 Å². The van der Waals surface area contributed by atoms with Crippen LogP contribution in [-0.4, -0.2) is 19.2 Å². The summed E-state index contributed by atoms with van der Waals surface area (Å²) in [5.41, 5.74) is 1.56. The molecule has 2 aromatic rings. The number of rotatable bonds is 5. The first-order chi connectivity index (χ1) is 9.41. The number of aromatic nitrogens is 1. The van der Waals surface area contributed by atoms with Crippen LogP contribution in [0.1, 0.15) is 25.3 Å². The number of hydrogen-bond acceptors (Lipinski definition) is 3. The number of nitrogens with one attached hydrogen (secondary N) is 2. The molecule has 1 heterocycles. The molecule has 0 aliphatic carbocycles. The van der Waals surface area contributed by atoms with Crippen LogP contribution in [0, 0.1) is 6.92 Å². The van der Waals surface area contributed by atoms with Crippen LogP contribution in [0.4, 0.5) is 5.69 Å². The summed E-state index contributed by atoms with van der Waals surface area (Å²) in [7, 11) is -3.33. The third kappa shape index (κ3) is 3.39. The average molecular weight is 294 g/mol. The maximum atomic E-state index is 11.8. The number of unbranched alkanes of at least 4 members (excludes halogenated alkanes) is 1. The number of fused-ring (bicyclic) bond motifs is 1. The number of H-pyrrole nitrogens is 1. The maximum absolute atomic E-state index is 11.8. The summed E-state index contributed by atoms with van der Waals surface area (Å²) in [4.78, 5) is 14.3. The Kier molecular flexibility index (Phi) is 4.13. The van der Waals surface area contributed by atoms with Crippen molar-refractivity contribution in [2.45, 2.75) is 26.7 Å². The standard InChI is InChI=1S/C14H18N2O3S/c1-3-4-7-20(18,19)16-12-6-5-11-8-10(2)14(17)15-13(11)9-12/h5-6,8-9,16H,3-4,7H2,1-2H3,(H,15,17). The molecule has 0 bridgehead atoms. The van der Waals surface area contributed by atoms with Crippen LogP contribution in [0.3, 0.4) is 0 Å². The molecule has 1 aromatic carbocycles. The second-order valence-corrected chi connectivity index (χ2v) is 6.70. The second kappa shape index (κ2) is 5.66. The highest BCUT2D eigenvalue weighted by Crippen LogP contribution is 2.18. The van der Waals surface area contributed by atoms with Crippen LogP contribution in [0.25, 0.3) is 10.9 Å². The molecule has 1 aromatic heterocycles.